The number of hydrogen-bond acceptors (Lipinski definition) is 5. The molecular weight excluding hydrogens is 276 g/mol. The SMILES string of the molecule is Cc1nc(NCc2cscn2)ncc1Br. The van der Waals surface area contributed by atoms with E-state index in [1.807, 2.05) is 17.8 Å². The number of aryl methyl sites for hydroxylation is 1. The Balaban J connectivity index is 2.02. The summed E-state index contributed by atoms with van der Waals surface area (Å²) >= 11 is 4.94. The number of aromatic nitrogens is 3. The molecule has 2 rings (SSSR count). The van der Waals surface area contributed by atoms with Crippen LogP contribution in [0.3, 0.4) is 0 Å². The maximum atomic E-state index is 4.28. The first kappa shape index (κ1) is 10.5. The number of nitrogens with one attached hydrogen (secondary N) is 1. The third-order valence-electron chi connectivity index (χ3n) is 1.83. The van der Waals surface area contributed by atoms with Gasteiger partial charge in [-0.1, -0.05) is 0 Å². The van der Waals surface area contributed by atoms with Crippen LogP contribution in [0.4, 0.5) is 5.95 Å². The van der Waals surface area contributed by atoms with Gasteiger partial charge >= 0.3 is 0 Å². The van der Waals surface area contributed by atoms with Crippen LogP contribution in [-0.4, -0.2) is 15.0 Å². The summed E-state index contributed by atoms with van der Waals surface area (Å²) in [7, 11) is 0. The molecule has 0 fully saturated rings. The fourth-order valence-corrected chi connectivity index (χ4v) is 1.78. The third kappa shape index (κ3) is 2.73. The van der Waals surface area contributed by atoms with E-state index in [9.17, 15) is 0 Å². The highest BCUT2D eigenvalue weighted by atomic mass is 79.9. The number of hydrogen-bond donors (Lipinski definition) is 1. The van der Waals surface area contributed by atoms with Crippen molar-refractivity contribution in [2.24, 2.45) is 0 Å². The van der Waals surface area contributed by atoms with Gasteiger partial charge in [-0.2, -0.15) is 0 Å². The van der Waals surface area contributed by atoms with Crippen molar-refractivity contribution in [1.82, 2.24) is 15.0 Å². The molecule has 0 atom stereocenters. The molecule has 0 amide bonds. The lowest BCUT2D eigenvalue weighted by Gasteiger charge is -2.03. The summed E-state index contributed by atoms with van der Waals surface area (Å²) in [6.07, 6.45) is 1.74. The zero-order valence-electron chi connectivity index (χ0n) is 8.07. The van der Waals surface area contributed by atoms with E-state index in [2.05, 4.69) is 36.2 Å². The van der Waals surface area contributed by atoms with Crippen molar-refractivity contribution < 1.29 is 0 Å². The molecular formula is C9H9BrN4S. The van der Waals surface area contributed by atoms with Crippen molar-refractivity contribution in [3.8, 4) is 0 Å². The highest BCUT2D eigenvalue weighted by Crippen LogP contribution is 2.13. The molecule has 15 heavy (non-hydrogen) atoms. The standard InChI is InChI=1S/C9H9BrN4S/c1-6-8(10)3-12-9(14-6)11-2-7-4-15-5-13-7/h3-5H,2H2,1H3,(H,11,12,14). The average molecular weight is 285 g/mol. The minimum Gasteiger partial charge on any atom is -0.349 e. The van der Waals surface area contributed by atoms with Gasteiger partial charge in [0.15, 0.2) is 0 Å². The molecule has 0 saturated carbocycles. The van der Waals surface area contributed by atoms with Crippen LogP contribution in [0.1, 0.15) is 11.4 Å². The Morgan fingerprint density at radius 1 is 1.47 bits per heavy atom. The lowest BCUT2D eigenvalue weighted by Crippen LogP contribution is -2.04. The van der Waals surface area contributed by atoms with E-state index < -0.39 is 0 Å². The fourth-order valence-electron chi connectivity index (χ4n) is 1.03. The predicted molar refractivity (Wildman–Crippen MR) is 63.9 cm³/mol. The number of nitrogens with zero attached hydrogens (tertiary/aromatic N) is 3. The quantitative estimate of drug-likeness (QED) is 0.941. The second kappa shape index (κ2) is 4.67. The van der Waals surface area contributed by atoms with Crippen LogP contribution in [0.2, 0.25) is 0 Å². The van der Waals surface area contributed by atoms with E-state index in [0.29, 0.717) is 12.5 Å². The Kier molecular flexibility index (Phi) is 3.27. The molecule has 0 aliphatic heterocycles. The Hall–Kier alpha value is -1.01. The van der Waals surface area contributed by atoms with Crippen LogP contribution < -0.4 is 5.32 Å². The van der Waals surface area contributed by atoms with Crippen LogP contribution in [-0.2, 0) is 6.54 Å². The minimum absolute atomic E-state index is 0.628. The van der Waals surface area contributed by atoms with Gasteiger partial charge in [-0.15, -0.1) is 11.3 Å². The third-order valence-corrected chi connectivity index (χ3v) is 3.24. The van der Waals surface area contributed by atoms with Crippen molar-refractivity contribution in [3.05, 3.63) is 32.9 Å². The first-order valence-electron chi connectivity index (χ1n) is 4.36. The molecule has 0 aliphatic carbocycles. The monoisotopic (exact) mass is 284 g/mol. The zero-order valence-corrected chi connectivity index (χ0v) is 10.5. The van der Waals surface area contributed by atoms with Crippen LogP contribution >= 0.6 is 27.3 Å². The van der Waals surface area contributed by atoms with E-state index >= 15 is 0 Å². The zero-order chi connectivity index (χ0) is 10.7. The van der Waals surface area contributed by atoms with Crippen LogP contribution in [0.15, 0.2) is 21.6 Å². The maximum absolute atomic E-state index is 4.28. The van der Waals surface area contributed by atoms with Crippen molar-refractivity contribution in [2.75, 3.05) is 5.32 Å². The Labute approximate surface area is 99.9 Å². The molecule has 0 unspecified atom stereocenters. The van der Waals surface area contributed by atoms with Gasteiger partial charge in [0.25, 0.3) is 0 Å². The molecule has 0 spiro atoms. The molecule has 6 heteroatoms. The van der Waals surface area contributed by atoms with E-state index in [-0.39, 0.29) is 0 Å². The summed E-state index contributed by atoms with van der Waals surface area (Å²) in [4.78, 5) is 12.6. The van der Waals surface area contributed by atoms with Gasteiger partial charge in [-0.05, 0) is 22.9 Å². The summed E-state index contributed by atoms with van der Waals surface area (Å²) in [5.74, 6) is 0.628. The van der Waals surface area contributed by atoms with E-state index in [1.54, 1.807) is 17.5 Å². The molecule has 0 radical (unpaired) electrons. The highest BCUT2D eigenvalue weighted by Gasteiger charge is 2.01. The van der Waals surface area contributed by atoms with Gasteiger partial charge < -0.3 is 5.32 Å². The molecule has 0 bridgehead atoms. The summed E-state index contributed by atoms with van der Waals surface area (Å²) in [5.41, 5.74) is 3.74. The first-order valence-corrected chi connectivity index (χ1v) is 6.09. The summed E-state index contributed by atoms with van der Waals surface area (Å²) in [6, 6.07) is 0. The van der Waals surface area contributed by atoms with Gasteiger partial charge in [-0.25, -0.2) is 15.0 Å². The smallest absolute Gasteiger partial charge is 0.223 e. The van der Waals surface area contributed by atoms with E-state index in [4.69, 9.17) is 0 Å². The molecule has 78 valence electrons. The largest absolute Gasteiger partial charge is 0.349 e. The predicted octanol–water partition coefficient (Wildman–Crippen LogP) is 2.62. The molecule has 0 aliphatic rings. The first-order chi connectivity index (χ1) is 7.25. The summed E-state index contributed by atoms with van der Waals surface area (Å²) in [5, 5.41) is 5.11. The van der Waals surface area contributed by atoms with Crippen LogP contribution in [0.5, 0.6) is 0 Å². The molecule has 1 N–H and O–H groups in total. The Morgan fingerprint density at radius 2 is 2.33 bits per heavy atom. The lowest BCUT2D eigenvalue weighted by atomic mass is 10.4. The van der Waals surface area contributed by atoms with Crippen molar-refractivity contribution in [2.45, 2.75) is 13.5 Å². The van der Waals surface area contributed by atoms with Crippen molar-refractivity contribution in [3.63, 3.8) is 0 Å². The summed E-state index contributed by atoms with van der Waals surface area (Å²) < 4.78 is 0.918. The van der Waals surface area contributed by atoms with Crippen molar-refractivity contribution in [1.29, 1.82) is 0 Å². The number of thiazole rings is 1. The van der Waals surface area contributed by atoms with Gasteiger partial charge in [0, 0.05) is 11.6 Å². The topological polar surface area (TPSA) is 50.7 Å². The molecule has 4 nitrogen and oxygen atoms in total. The summed E-state index contributed by atoms with van der Waals surface area (Å²) in [6.45, 7) is 2.59. The second-order valence-corrected chi connectivity index (χ2v) is 4.53. The lowest BCUT2D eigenvalue weighted by molar-refractivity contribution is 0.996. The minimum atomic E-state index is 0.628. The highest BCUT2D eigenvalue weighted by molar-refractivity contribution is 9.10. The molecule has 0 saturated heterocycles. The van der Waals surface area contributed by atoms with Crippen LogP contribution in [0, 0.1) is 6.92 Å². The molecule has 2 heterocycles. The molecule has 2 aromatic rings. The average Bonchev–Trinajstić information content (AvgIpc) is 2.73. The van der Waals surface area contributed by atoms with E-state index in [0.717, 1.165) is 15.9 Å². The fraction of sp³-hybridized carbons (Fsp3) is 0.222. The van der Waals surface area contributed by atoms with Gasteiger partial charge in [0.2, 0.25) is 5.95 Å². The second-order valence-electron chi connectivity index (χ2n) is 2.96. The van der Waals surface area contributed by atoms with Gasteiger partial charge in [-0.3, -0.25) is 0 Å². The number of anilines is 1. The van der Waals surface area contributed by atoms with Gasteiger partial charge in [0.05, 0.1) is 27.9 Å². The number of halogens is 1. The maximum Gasteiger partial charge on any atom is 0.223 e. The number of rotatable bonds is 3. The molecule has 2 aromatic heterocycles. The van der Waals surface area contributed by atoms with Crippen molar-refractivity contribution >= 4 is 33.2 Å². The van der Waals surface area contributed by atoms with Crippen LogP contribution in [0.25, 0.3) is 0 Å². The molecule has 0 aromatic carbocycles. The van der Waals surface area contributed by atoms with Gasteiger partial charge in [0.1, 0.15) is 0 Å². The van der Waals surface area contributed by atoms with E-state index in [1.165, 1.54) is 0 Å². The normalized spacial score (nSPS) is 10.3. The Bertz CT molecular complexity index is 443. The Morgan fingerprint density at radius 3 is 3.00 bits per heavy atom.